The van der Waals surface area contributed by atoms with Crippen molar-refractivity contribution < 1.29 is 4.42 Å². The molecule has 1 aromatic heterocycles. The summed E-state index contributed by atoms with van der Waals surface area (Å²) in [6.07, 6.45) is 3.66. The molecule has 0 saturated heterocycles. The Morgan fingerprint density at radius 3 is 2.90 bits per heavy atom. The lowest BCUT2D eigenvalue weighted by Gasteiger charge is -1.80. The van der Waals surface area contributed by atoms with Gasteiger partial charge in [-0.1, -0.05) is 6.08 Å². The molecule has 0 saturated carbocycles. The molecule has 0 unspecified atom stereocenters. The van der Waals surface area contributed by atoms with Gasteiger partial charge in [0.1, 0.15) is 5.76 Å². The molecular formula is C7H6BrClO. The van der Waals surface area contributed by atoms with Crippen LogP contribution in [-0.4, -0.2) is 5.88 Å². The van der Waals surface area contributed by atoms with Gasteiger partial charge in [-0.3, -0.25) is 0 Å². The number of rotatable bonds is 2. The van der Waals surface area contributed by atoms with E-state index in [4.69, 9.17) is 16.0 Å². The van der Waals surface area contributed by atoms with Crippen LogP contribution in [0.3, 0.4) is 0 Å². The molecule has 0 N–H and O–H groups in total. The lowest BCUT2D eigenvalue weighted by molar-refractivity contribution is 0.531. The van der Waals surface area contributed by atoms with Gasteiger partial charge < -0.3 is 4.42 Å². The second-order valence-corrected chi connectivity index (χ2v) is 2.79. The first kappa shape index (κ1) is 7.89. The van der Waals surface area contributed by atoms with Crippen molar-refractivity contribution >= 4 is 33.6 Å². The van der Waals surface area contributed by atoms with Gasteiger partial charge in [-0.2, -0.15) is 0 Å². The van der Waals surface area contributed by atoms with E-state index in [-0.39, 0.29) is 0 Å². The Bertz CT molecular complexity index is 229. The van der Waals surface area contributed by atoms with Crippen LogP contribution in [0, 0.1) is 0 Å². The predicted octanol–water partition coefficient (Wildman–Crippen LogP) is 3.29. The third-order valence-corrected chi connectivity index (χ3v) is 1.57. The summed E-state index contributed by atoms with van der Waals surface area (Å²) in [6, 6.07) is 3.71. The summed E-state index contributed by atoms with van der Waals surface area (Å²) in [5, 5.41) is 0. The van der Waals surface area contributed by atoms with E-state index >= 15 is 0 Å². The van der Waals surface area contributed by atoms with Gasteiger partial charge in [0.2, 0.25) is 0 Å². The Labute approximate surface area is 72.8 Å². The summed E-state index contributed by atoms with van der Waals surface area (Å²) < 4.78 is 5.89. The van der Waals surface area contributed by atoms with E-state index in [1.807, 2.05) is 24.3 Å². The molecule has 54 valence electrons. The van der Waals surface area contributed by atoms with Crippen LogP contribution in [0.4, 0.5) is 0 Å². The fourth-order valence-electron chi connectivity index (χ4n) is 0.579. The molecule has 1 rings (SSSR count). The molecule has 3 heteroatoms. The lowest BCUT2D eigenvalue weighted by atomic mass is 10.4. The first-order valence-corrected chi connectivity index (χ1v) is 4.13. The average molecular weight is 221 g/mol. The maximum absolute atomic E-state index is 5.42. The maximum Gasteiger partial charge on any atom is 0.169 e. The molecule has 0 fully saturated rings. The predicted molar refractivity (Wildman–Crippen MR) is 46.2 cm³/mol. The Morgan fingerprint density at radius 1 is 1.60 bits per heavy atom. The fourth-order valence-corrected chi connectivity index (χ4v) is 0.987. The van der Waals surface area contributed by atoms with Gasteiger partial charge in [-0.15, -0.1) is 11.6 Å². The highest BCUT2D eigenvalue weighted by atomic mass is 79.9. The highest BCUT2D eigenvalue weighted by molar-refractivity contribution is 9.10. The fraction of sp³-hybridized carbons (Fsp3) is 0.143. The minimum Gasteiger partial charge on any atom is -0.450 e. The SMILES string of the molecule is ClCC=Cc1ccc(Br)o1. The second-order valence-electron chi connectivity index (χ2n) is 1.70. The van der Waals surface area contributed by atoms with Gasteiger partial charge >= 0.3 is 0 Å². The minimum absolute atomic E-state index is 0.512. The molecule has 0 aliphatic rings. The quantitative estimate of drug-likeness (QED) is 0.699. The Morgan fingerprint density at radius 2 is 2.40 bits per heavy atom. The summed E-state index contributed by atoms with van der Waals surface area (Å²) in [7, 11) is 0. The topological polar surface area (TPSA) is 13.1 Å². The standard InChI is InChI=1S/C7H6BrClO/c8-7-4-3-6(10-7)2-1-5-9/h1-4H,5H2. The molecule has 0 atom stereocenters. The van der Waals surface area contributed by atoms with Crippen molar-refractivity contribution in [3.8, 4) is 0 Å². The molecule has 0 aliphatic carbocycles. The van der Waals surface area contributed by atoms with Gasteiger partial charge in [0, 0.05) is 5.88 Å². The molecule has 0 aromatic carbocycles. The van der Waals surface area contributed by atoms with E-state index in [1.165, 1.54) is 0 Å². The van der Waals surface area contributed by atoms with Gasteiger partial charge in [-0.25, -0.2) is 0 Å². The number of hydrogen-bond acceptors (Lipinski definition) is 1. The van der Waals surface area contributed by atoms with Crippen LogP contribution in [0.1, 0.15) is 5.76 Å². The average Bonchev–Trinajstić information content (AvgIpc) is 2.31. The van der Waals surface area contributed by atoms with Crippen LogP contribution in [0.15, 0.2) is 27.3 Å². The van der Waals surface area contributed by atoms with E-state index in [9.17, 15) is 0 Å². The van der Waals surface area contributed by atoms with Crippen molar-refractivity contribution in [2.45, 2.75) is 0 Å². The molecule has 0 amide bonds. The highest BCUT2D eigenvalue weighted by Gasteiger charge is 1.91. The minimum atomic E-state index is 0.512. The lowest BCUT2D eigenvalue weighted by Crippen LogP contribution is -1.61. The summed E-state index contributed by atoms with van der Waals surface area (Å²) in [5.74, 6) is 1.32. The third kappa shape index (κ3) is 2.20. The van der Waals surface area contributed by atoms with Crippen molar-refractivity contribution in [1.82, 2.24) is 0 Å². The highest BCUT2D eigenvalue weighted by Crippen LogP contribution is 2.14. The van der Waals surface area contributed by atoms with E-state index in [0.717, 1.165) is 10.4 Å². The molecule has 10 heavy (non-hydrogen) atoms. The van der Waals surface area contributed by atoms with Crippen molar-refractivity contribution in [1.29, 1.82) is 0 Å². The van der Waals surface area contributed by atoms with E-state index in [0.29, 0.717) is 5.88 Å². The normalized spacial score (nSPS) is 11.0. The second kappa shape index (κ2) is 3.84. The zero-order valence-corrected chi connectivity index (χ0v) is 7.52. The van der Waals surface area contributed by atoms with Crippen LogP contribution in [0.2, 0.25) is 0 Å². The smallest absolute Gasteiger partial charge is 0.169 e. The summed E-state index contributed by atoms with van der Waals surface area (Å²) in [6.45, 7) is 0. The Hall–Kier alpha value is -0.210. The number of furan rings is 1. The first-order valence-electron chi connectivity index (χ1n) is 2.81. The van der Waals surface area contributed by atoms with Crippen LogP contribution < -0.4 is 0 Å². The number of allylic oxidation sites excluding steroid dienone is 1. The largest absolute Gasteiger partial charge is 0.450 e. The number of hydrogen-bond donors (Lipinski definition) is 0. The van der Waals surface area contributed by atoms with Crippen molar-refractivity contribution in [3.05, 3.63) is 28.6 Å². The molecule has 0 radical (unpaired) electrons. The number of alkyl halides is 1. The molecular weight excluding hydrogens is 215 g/mol. The van der Waals surface area contributed by atoms with Crippen molar-refractivity contribution in [3.63, 3.8) is 0 Å². The van der Waals surface area contributed by atoms with Gasteiger partial charge in [0.15, 0.2) is 4.67 Å². The number of halogens is 2. The van der Waals surface area contributed by atoms with E-state index in [2.05, 4.69) is 15.9 Å². The summed E-state index contributed by atoms with van der Waals surface area (Å²) >= 11 is 8.61. The molecule has 0 spiro atoms. The van der Waals surface area contributed by atoms with Crippen LogP contribution in [0.25, 0.3) is 6.08 Å². The Kier molecular flexibility index (Phi) is 3.03. The zero-order valence-electron chi connectivity index (χ0n) is 5.18. The van der Waals surface area contributed by atoms with E-state index < -0.39 is 0 Å². The monoisotopic (exact) mass is 220 g/mol. The maximum atomic E-state index is 5.42. The van der Waals surface area contributed by atoms with Gasteiger partial charge in [-0.05, 0) is 34.1 Å². The zero-order chi connectivity index (χ0) is 7.40. The Balaban J connectivity index is 2.67. The molecule has 1 heterocycles. The molecule has 1 aromatic rings. The van der Waals surface area contributed by atoms with E-state index in [1.54, 1.807) is 0 Å². The van der Waals surface area contributed by atoms with Crippen LogP contribution in [-0.2, 0) is 0 Å². The summed E-state index contributed by atoms with van der Waals surface area (Å²) in [5.41, 5.74) is 0. The van der Waals surface area contributed by atoms with Gasteiger partial charge in [0.05, 0.1) is 0 Å². The summed E-state index contributed by atoms with van der Waals surface area (Å²) in [4.78, 5) is 0. The van der Waals surface area contributed by atoms with Crippen molar-refractivity contribution in [2.24, 2.45) is 0 Å². The van der Waals surface area contributed by atoms with Gasteiger partial charge in [0.25, 0.3) is 0 Å². The third-order valence-electron chi connectivity index (χ3n) is 0.965. The molecule has 0 bridgehead atoms. The first-order chi connectivity index (χ1) is 4.83. The molecule has 0 aliphatic heterocycles. The van der Waals surface area contributed by atoms with Crippen LogP contribution in [0.5, 0.6) is 0 Å². The molecule has 1 nitrogen and oxygen atoms in total. The van der Waals surface area contributed by atoms with Crippen LogP contribution >= 0.6 is 27.5 Å². The van der Waals surface area contributed by atoms with Crippen molar-refractivity contribution in [2.75, 3.05) is 5.88 Å².